The van der Waals surface area contributed by atoms with Crippen molar-refractivity contribution < 1.29 is 80.2 Å². The lowest BCUT2D eigenvalue weighted by atomic mass is 10.0. The molecule has 19 heteroatoms. The molecule has 0 aliphatic rings. The van der Waals surface area contributed by atoms with E-state index in [1.54, 1.807) is 0 Å². The number of hydrogen-bond donors (Lipinski definition) is 3. The molecule has 0 amide bonds. The Labute approximate surface area is 631 Å². The number of allylic oxidation sites excluding steroid dienone is 22. The average molecular weight is 1500 g/mol. The Morgan fingerprint density at radius 1 is 0.279 bits per heavy atom. The number of carbonyl (C=O) groups excluding carboxylic acids is 4. The second-order valence-electron chi connectivity index (χ2n) is 26.6. The molecule has 0 saturated heterocycles. The van der Waals surface area contributed by atoms with Gasteiger partial charge in [0.15, 0.2) is 12.2 Å². The third kappa shape index (κ3) is 75.4. The summed E-state index contributed by atoms with van der Waals surface area (Å²) in [7, 11) is -9.99. The maximum absolute atomic E-state index is 13.1. The monoisotopic (exact) mass is 1500 g/mol. The van der Waals surface area contributed by atoms with Gasteiger partial charge in [0.1, 0.15) is 19.3 Å². The predicted molar refractivity (Wildman–Crippen MR) is 427 cm³/mol. The van der Waals surface area contributed by atoms with Gasteiger partial charge < -0.3 is 33.8 Å². The molecule has 0 saturated carbocycles. The first-order chi connectivity index (χ1) is 50.7. The van der Waals surface area contributed by atoms with Crippen LogP contribution >= 0.6 is 15.6 Å². The maximum Gasteiger partial charge on any atom is 0.472 e. The van der Waals surface area contributed by atoms with E-state index in [1.807, 2.05) is 0 Å². The van der Waals surface area contributed by atoms with Crippen LogP contribution in [0.25, 0.3) is 0 Å². The maximum atomic E-state index is 13.1. The molecule has 104 heavy (non-hydrogen) atoms. The highest BCUT2D eigenvalue weighted by Gasteiger charge is 2.30. The van der Waals surface area contributed by atoms with Gasteiger partial charge in [-0.2, -0.15) is 0 Å². The molecule has 0 fully saturated rings. The highest BCUT2D eigenvalue weighted by atomic mass is 31.2. The molecule has 0 aromatic carbocycles. The molecule has 0 rings (SSSR count). The molecule has 0 aromatic heterocycles. The first-order valence-electron chi connectivity index (χ1n) is 40.4. The minimum Gasteiger partial charge on any atom is -0.462 e. The standard InChI is InChI=1S/C85H144O17P2/c1-5-9-13-17-21-25-29-33-37-38-39-40-44-46-50-54-58-62-66-70-83(88)96-76-81(102-85(90)72-68-64-60-56-52-48-43-36-32-28-24-20-16-12-8-4)78-100-104(93,94)98-74-79(86)73-97-103(91,92)99-77-80(101-84(89)71-67-63-59-55-51-47-42-35-31-27-23-19-15-11-7-3)75-95-82(87)69-65-61-57-53-49-45-41-34-30-26-22-18-14-10-6-2/h10,12,14,16,21-22,24-26,28,33-34,36-37,39-41,43,49,52-53,56,79-81,86H,5-9,11,13,15,17-20,23,27,29-32,35,38,42,44-48,50-51,54-55,57-78H2,1-4H3,(H,91,92)(H,93,94)/b14-10-,16-12-,25-21-,26-22-,28-24-,37-33-,40-39-,41-34-,43-36-,53-49-,56-52-. The van der Waals surface area contributed by atoms with Crippen LogP contribution < -0.4 is 0 Å². The molecule has 0 heterocycles. The Kier molecular flexibility index (Phi) is 72.9. The number of aliphatic hydroxyl groups is 1. The fourth-order valence-electron chi connectivity index (χ4n) is 10.5. The number of phosphoric acid groups is 2. The van der Waals surface area contributed by atoms with Crippen LogP contribution in [0.1, 0.15) is 323 Å². The van der Waals surface area contributed by atoms with Crippen molar-refractivity contribution in [2.24, 2.45) is 0 Å². The number of unbranched alkanes of at least 4 members (excludes halogenated alkanes) is 27. The molecular weight excluding hydrogens is 1350 g/mol. The largest absolute Gasteiger partial charge is 0.472 e. The zero-order valence-electron chi connectivity index (χ0n) is 65.2. The topological polar surface area (TPSA) is 237 Å². The number of ether oxygens (including phenoxy) is 4. The van der Waals surface area contributed by atoms with Crippen LogP contribution in [0, 0.1) is 0 Å². The van der Waals surface area contributed by atoms with Gasteiger partial charge >= 0.3 is 39.5 Å². The Morgan fingerprint density at radius 2 is 0.500 bits per heavy atom. The quantitative estimate of drug-likeness (QED) is 0.0169. The van der Waals surface area contributed by atoms with Gasteiger partial charge in [-0.3, -0.25) is 37.3 Å². The summed E-state index contributed by atoms with van der Waals surface area (Å²) < 4.78 is 68.6. The number of hydrogen-bond acceptors (Lipinski definition) is 15. The van der Waals surface area contributed by atoms with E-state index in [-0.39, 0.29) is 25.7 Å². The third-order valence-electron chi connectivity index (χ3n) is 16.6. The van der Waals surface area contributed by atoms with E-state index >= 15 is 0 Å². The summed E-state index contributed by atoms with van der Waals surface area (Å²) in [5, 5.41) is 10.6. The van der Waals surface area contributed by atoms with Crippen molar-refractivity contribution in [1.82, 2.24) is 0 Å². The molecule has 0 aliphatic carbocycles. The molecule has 0 aromatic rings. The third-order valence-corrected chi connectivity index (χ3v) is 18.5. The van der Waals surface area contributed by atoms with Gasteiger partial charge in [0.2, 0.25) is 0 Å². The Morgan fingerprint density at radius 3 is 0.808 bits per heavy atom. The van der Waals surface area contributed by atoms with Crippen molar-refractivity contribution in [1.29, 1.82) is 0 Å². The summed E-state index contributed by atoms with van der Waals surface area (Å²) in [6, 6.07) is 0. The van der Waals surface area contributed by atoms with Crippen molar-refractivity contribution >= 4 is 39.5 Å². The van der Waals surface area contributed by atoms with Crippen molar-refractivity contribution in [3.8, 4) is 0 Å². The Bertz CT molecular complexity index is 2490. The number of carbonyl (C=O) groups is 4. The molecule has 596 valence electrons. The van der Waals surface area contributed by atoms with Gasteiger partial charge in [-0.25, -0.2) is 9.13 Å². The molecule has 0 bridgehead atoms. The molecule has 5 atom stereocenters. The number of phosphoric ester groups is 2. The van der Waals surface area contributed by atoms with Gasteiger partial charge in [0, 0.05) is 25.7 Å². The van der Waals surface area contributed by atoms with E-state index in [4.69, 9.17) is 37.0 Å². The normalized spacial score (nSPS) is 14.6. The molecule has 3 N–H and O–H groups in total. The van der Waals surface area contributed by atoms with E-state index < -0.39 is 97.5 Å². The number of esters is 4. The fraction of sp³-hybridized carbons (Fsp3) is 0.694. The van der Waals surface area contributed by atoms with E-state index in [0.29, 0.717) is 32.1 Å². The molecule has 0 aliphatic heterocycles. The van der Waals surface area contributed by atoms with E-state index in [9.17, 15) is 43.2 Å². The second kappa shape index (κ2) is 76.4. The highest BCUT2D eigenvalue weighted by molar-refractivity contribution is 7.47. The first kappa shape index (κ1) is 99.2. The lowest BCUT2D eigenvalue weighted by Gasteiger charge is -2.21. The lowest BCUT2D eigenvalue weighted by Crippen LogP contribution is -2.30. The molecule has 0 spiro atoms. The zero-order valence-corrected chi connectivity index (χ0v) is 66.9. The van der Waals surface area contributed by atoms with Crippen LogP contribution in [0.4, 0.5) is 0 Å². The van der Waals surface area contributed by atoms with Crippen LogP contribution in [-0.2, 0) is 65.4 Å². The van der Waals surface area contributed by atoms with Gasteiger partial charge in [0.25, 0.3) is 0 Å². The smallest absolute Gasteiger partial charge is 0.462 e. The van der Waals surface area contributed by atoms with Crippen LogP contribution in [0.3, 0.4) is 0 Å². The van der Waals surface area contributed by atoms with Crippen molar-refractivity contribution in [3.63, 3.8) is 0 Å². The molecule has 17 nitrogen and oxygen atoms in total. The summed E-state index contributed by atoms with van der Waals surface area (Å²) in [5.74, 6) is -2.28. The van der Waals surface area contributed by atoms with Gasteiger partial charge in [0.05, 0.1) is 26.4 Å². The summed E-state index contributed by atoms with van der Waals surface area (Å²) in [4.78, 5) is 73.0. The zero-order chi connectivity index (χ0) is 76.0. The van der Waals surface area contributed by atoms with Gasteiger partial charge in [-0.05, 0) is 141 Å². The van der Waals surface area contributed by atoms with Crippen LogP contribution in [0.5, 0.6) is 0 Å². The van der Waals surface area contributed by atoms with Crippen LogP contribution in [0.2, 0.25) is 0 Å². The van der Waals surface area contributed by atoms with Gasteiger partial charge in [-0.1, -0.05) is 290 Å². The number of rotatable bonds is 75. The van der Waals surface area contributed by atoms with Crippen molar-refractivity contribution in [2.75, 3.05) is 39.6 Å². The summed E-state index contributed by atoms with van der Waals surface area (Å²) in [6.45, 7) is 4.53. The lowest BCUT2D eigenvalue weighted by molar-refractivity contribution is -0.161. The van der Waals surface area contributed by atoms with E-state index in [2.05, 4.69) is 161 Å². The van der Waals surface area contributed by atoms with Crippen LogP contribution in [-0.4, -0.2) is 96.7 Å². The van der Waals surface area contributed by atoms with Gasteiger partial charge in [-0.15, -0.1) is 0 Å². The highest BCUT2D eigenvalue weighted by Crippen LogP contribution is 2.45. The molecule has 0 radical (unpaired) electrons. The summed E-state index contributed by atoms with van der Waals surface area (Å²) in [5.41, 5.74) is 0. The molecular formula is C85H144O17P2. The Balaban J connectivity index is 5.42. The minimum atomic E-state index is -5.00. The minimum absolute atomic E-state index is 0.0360. The molecule has 5 unspecified atom stereocenters. The SMILES string of the molecule is CC/C=C\C/C=C\C/C=C\C/C=C\CCCCC(=O)OCC(COP(=O)(O)OCC(O)COP(=O)(O)OCC(COC(=O)CCCCCCCC/C=C\C/C=C\C/C=C\CCCCC)OC(=O)CCCC/C=C\C/C=C\C/C=C\C/C=C\CC)OC(=O)CCCCCCCCCCCCCCCCC. The van der Waals surface area contributed by atoms with Crippen molar-refractivity contribution in [2.45, 2.75) is 341 Å². The van der Waals surface area contributed by atoms with E-state index in [1.165, 1.54) is 83.5 Å². The van der Waals surface area contributed by atoms with Crippen LogP contribution in [0.15, 0.2) is 134 Å². The fourth-order valence-corrected chi connectivity index (χ4v) is 12.1. The first-order valence-corrected chi connectivity index (χ1v) is 43.4. The number of aliphatic hydroxyl groups excluding tert-OH is 1. The van der Waals surface area contributed by atoms with E-state index in [0.717, 1.165) is 154 Å². The Hall–Kier alpha value is -4.80. The predicted octanol–water partition coefficient (Wildman–Crippen LogP) is 23.7. The summed E-state index contributed by atoms with van der Waals surface area (Å²) >= 11 is 0. The summed E-state index contributed by atoms with van der Waals surface area (Å²) in [6.07, 6.45) is 85.8. The van der Waals surface area contributed by atoms with Crippen molar-refractivity contribution in [3.05, 3.63) is 134 Å². The average Bonchev–Trinajstić information content (AvgIpc) is 0.912. The second-order valence-corrected chi connectivity index (χ2v) is 29.5.